The number of anilines is 1. The molecule has 2 aromatic rings. The number of aliphatic imine (C=N–C) groups is 1. The van der Waals surface area contributed by atoms with E-state index in [1.165, 1.54) is 30.0 Å². The van der Waals surface area contributed by atoms with E-state index in [1.54, 1.807) is 43.3 Å². The number of thioether (sulfide) groups is 1. The van der Waals surface area contributed by atoms with Crippen LogP contribution in [0.1, 0.15) is 26.0 Å². The highest BCUT2D eigenvalue weighted by Crippen LogP contribution is 2.35. The lowest BCUT2D eigenvalue weighted by Crippen LogP contribution is -2.36. The van der Waals surface area contributed by atoms with Gasteiger partial charge in [-0.2, -0.15) is 0 Å². The minimum Gasteiger partial charge on any atom is -0.495 e. The van der Waals surface area contributed by atoms with Gasteiger partial charge in [-0.15, -0.1) is 0 Å². The molecule has 3 rings (SSSR count). The van der Waals surface area contributed by atoms with E-state index in [9.17, 15) is 9.59 Å². The predicted octanol–water partition coefficient (Wildman–Crippen LogP) is 4.33. The molecule has 1 unspecified atom stereocenters. The van der Waals surface area contributed by atoms with Crippen LogP contribution in [-0.4, -0.2) is 35.9 Å². The van der Waals surface area contributed by atoms with E-state index in [0.29, 0.717) is 33.9 Å². The summed E-state index contributed by atoms with van der Waals surface area (Å²) in [6.07, 6.45) is 3.93. The number of rotatable bonds is 7. The highest BCUT2D eigenvalue weighted by atomic mass is 35.5. The van der Waals surface area contributed by atoms with Crippen LogP contribution in [0.5, 0.6) is 5.75 Å². The fourth-order valence-corrected chi connectivity index (χ4v) is 3.91. The van der Waals surface area contributed by atoms with Gasteiger partial charge in [0.2, 0.25) is 5.91 Å². The second-order valence-corrected chi connectivity index (χ2v) is 8.17. The van der Waals surface area contributed by atoms with Crippen LogP contribution >= 0.6 is 23.4 Å². The number of benzene rings is 1. The molecular weight excluding hydrogens is 426 g/mol. The van der Waals surface area contributed by atoms with E-state index >= 15 is 0 Å². The number of amidine groups is 1. The van der Waals surface area contributed by atoms with Gasteiger partial charge in [0.25, 0.3) is 5.91 Å². The monoisotopic (exact) mass is 447 g/mol. The number of halogens is 1. The molecule has 2 heterocycles. The number of ether oxygens (including phenoxy) is 1. The van der Waals surface area contributed by atoms with Crippen LogP contribution in [0.2, 0.25) is 5.02 Å². The minimum absolute atomic E-state index is 0.117. The molecule has 1 N–H and O–H groups in total. The van der Waals surface area contributed by atoms with E-state index in [-0.39, 0.29) is 17.5 Å². The van der Waals surface area contributed by atoms with Gasteiger partial charge in [0.1, 0.15) is 17.2 Å². The maximum atomic E-state index is 13.1. The van der Waals surface area contributed by atoms with E-state index in [1.807, 2.05) is 6.92 Å². The highest BCUT2D eigenvalue weighted by molar-refractivity contribution is 8.15. The molecule has 0 saturated carbocycles. The topological polar surface area (TPSA) is 84.1 Å². The third-order valence-electron chi connectivity index (χ3n) is 4.25. The summed E-state index contributed by atoms with van der Waals surface area (Å²) in [6, 6.07) is 8.49. The van der Waals surface area contributed by atoms with Crippen LogP contribution in [0.3, 0.4) is 0 Å². The van der Waals surface area contributed by atoms with Crippen molar-refractivity contribution in [2.45, 2.75) is 25.5 Å². The van der Waals surface area contributed by atoms with Gasteiger partial charge in [-0.3, -0.25) is 14.5 Å². The van der Waals surface area contributed by atoms with Crippen molar-refractivity contribution in [2.75, 3.05) is 18.6 Å². The summed E-state index contributed by atoms with van der Waals surface area (Å²) in [6.45, 7) is 4.35. The van der Waals surface area contributed by atoms with Crippen molar-refractivity contribution in [2.24, 2.45) is 4.99 Å². The van der Waals surface area contributed by atoms with Crippen molar-refractivity contribution < 1.29 is 18.7 Å². The molecule has 1 aliphatic rings. The third-order valence-corrected chi connectivity index (χ3v) is 5.59. The van der Waals surface area contributed by atoms with Gasteiger partial charge < -0.3 is 14.5 Å². The molecule has 1 aliphatic heterocycles. The number of hydrogen-bond donors (Lipinski definition) is 1. The zero-order chi connectivity index (χ0) is 21.7. The number of carbonyl (C=O) groups excluding carboxylic acids is 2. The number of nitrogens with zero attached hydrogens (tertiary/aromatic N) is 2. The van der Waals surface area contributed by atoms with E-state index in [0.717, 1.165) is 6.42 Å². The molecular formula is C21H22ClN3O4S. The average molecular weight is 448 g/mol. The first kappa shape index (κ1) is 22.0. The smallest absolute Gasteiger partial charge is 0.283 e. The third kappa shape index (κ3) is 4.88. The molecule has 1 aromatic carbocycles. The van der Waals surface area contributed by atoms with Crippen LogP contribution < -0.4 is 15.0 Å². The molecule has 2 amide bonds. The number of furan rings is 1. The lowest BCUT2D eigenvalue weighted by atomic mass is 10.2. The number of methoxy groups -OCH3 is 1. The molecule has 30 heavy (non-hydrogen) atoms. The summed E-state index contributed by atoms with van der Waals surface area (Å²) < 4.78 is 10.5. The predicted molar refractivity (Wildman–Crippen MR) is 120 cm³/mol. The Hall–Kier alpha value is -2.71. The molecule has 0 fully saturated rings. The molecule has 0 aliphatic carbocycles. The number of nitrogens with one attached hydrogen (secondary N) is 1. The van der Waals surface area contributed by atoms with Gasteiger partial charge in [0.15, 0.2) is 5.17 Å². The SMILES string of the molecule is CCCNC(=O)C(C)SC1=NC(=Cc2ccco2)C(=O)N1c1ccc(OC)c(Cl)c1. The van der Waals surface area contributed by atoms with E-state index in [4.69, 9.17) is 20.8 Å². The van der Waals surface area contributed by atoms with Gasteiger partial charge in [-0.25, -0.2) is 4.99 Å². The van der Waals surface area contributed by atoms with Crippen LogP contribution in [0.4, 0.5) is 5.69 Å². The summed E-state index contributed by atoms with van der Waals surface area (Å²) >= 11 is 7.47. The lowest BCUT2D eigenvalue weighted by molar-refractivity contribution is -0.120. The molecule has 0 radical (unpaired) electrons. The summed E-state index contributed by atoms with van der Waals surface area (Å²) in [5, 5.41) is 3.17. The Morgan fingerprint density at radius 2 is 2.23 bits per heavy atom. The Balaban J connectivity index is 1.94. The molecule has 0 bridgehead atoms. The molecule has 0 spiro atoms. The second-order valence-electron chi connectivity index (χ2n) is 6.45. The molecule has 1 atom stereocenters. The Kier molecular flexibility index (Phi) is 7.23. The normalized spacial score (nSPS) is 16.0. The number of carbonyl (C=O) groups is 2. The average Bonchev–Trinajstić information content (AvgIpc) is 3.34. The van der Waals surface area contributed by atoms with Crippen LogP contribution in [0.25, 0.3) is 6.08 Å². The summed E-state index contributed by atoms with van der Waals surface area (Å²) in [5.41, 5.74) is 0.738. The van der Waals surface area contributed by atoms with E-state index < -0.39 is 5.25 Å². The lowest BCUT2D eigenvalue weighted by Gasteiger charge is -2.20. The number of hydrogen-bond acceptors (Lipinski definition) is 6. The Morgan fingerprint density at radius 1 is 1.43 bits per heavy atom. The quantitative estimate of drug-likeness (QED) is 0.638. The van der Waals surface area contributed by atoms with Crippen molar-refractivity contribution >= 4 is 52.1 Å². The first-order valence-electron chi connectivity index (χ1n) is 9.40. The Morgan fingerprint density at radius 3 is 2.87 bits per heavy atom. The summed E-state index contributed by atoms with van der Waals surface area (Å²) in [5.74, 6) is 0.552. The van der Waals surface area contributed by atoms with Crippen molar-refractivity contribution in [3.05, 3.63) is 53.1 Å². The standard InChI is InChI=1S/C21H22ClN3O4S/c1-4-9-23-19(26)13(2)30-21-24-17(12-15-6-5-10-29-15)20(27)25(21)14-7-8-18(28-3)16(22)11-14/h5-8,10-13H,4,9H2,1-3H3,(H,23,26). The van der Waals surface area contributed by atoms with Crippen molar-refractivity contribution in [3.8, 4) is 5.75 Å². The first-order chi connectivity index (χ1) is 14.4. The van der Waals surface area contributed by atoms with E-state index in [2.05, 4.69) is 10.3 Å². The molecule has 7 nitrogen and oxygen atoms in total. The van der Waals surface area contributed by atoms with Gasteiger partial charge in [0.05, 0.1) is 29.3 Å². The zero-order valence-corrected chi connectivity index (χ0v) is 18.4. The largest absolute Gasteiger partial charge is 0.495 e. The van der Waals surface area contributed by atoms with Crippen LogP contribution in [-0.2, 0) is 9.59 Å². The summed E-state index contributed by atoms with van der Waals surface area (Å²) in [4.78, 5) is 31.4. The maximum absolute atomic E-state index is 13.1. The van der Waals surface area contributed by atoms with Crippen LogP contribution in [0, 0.1) is 0 Å². The Labute approximate surface area is 184 Å². The molecule has 1 aromatic heterocycles. The zero-order valence-electron chi connectivity index (χ0n) is 16.8. The molecule has 0 saturated heterocycles. The first-order valence-corrected chi connectivity index (χ1v) is 10.7. The fraction of sp³-hybridized carbons (Fsp3) is 0.286. The Bertz CT molecular complexity index is 988. The van der Waals surface area contributed by atoms with Gasteiger partial charge >= 0.3 is 0 Å². The molecule has 9 heteroatoms. The van der Waals surface area contributed by atoms with Crippen LogP contribution in [0.15, 0.2) is 51.7 Å². The van der Waals surface area contributed by atoms with Gasteiger partial charge in [0, 0.05) is 12.6 Å². The fourth-order valence-electron chi connectivity index (χ4n) is 2.71. The second kappa shape index (κ2) is 9.86. The van der Waals surface area contributed by atoms with Crippen molar-refractivity contribution in [3.63, 3.8) is 0 Å². The van der Waals surface area contributed by atoms with Gasteiger partial charge in [-0.05, 0) is 43.7 Å². The number of amides is 2. The highest BCUT2D eigenvalue weighted by Gasteiger charge is 2.34. The minimum atomic E-state index is -0.442. The van der Waals surface area contributed by atoms with Crippen molar-refractivity contribution in [1.82, 2.24) is 5.32 Å². The summed E-state index contributed by atoms with van der Waals surface area (Å²) in [7, 11) is 1.52. The molecule has 158 valence electrons. The maximum Gasteiger partial charge on any atom is 0.283 e. The van der Waals surface area contributed by atoms with Gasteiger partial charge in [-0.1, -0.05) is 30.3 Å². The van der Waals surface area contributed by atoms with Crippen molar-refractivity contribution in [1.29, 1.82) is 0 Å².